The quantitative estimate of drug-likeness (QED) is 0.520. The van der Waals surface area contributed by atoms with Crippen molar-refractivity contribution in [3.05, 3.63) is 95.8 Å². The first-order chi connectivity index (χ1) is 11.8. The van der Waals surface area contributed by atoms with E-state index >= 15 is 0 Å². The van der Waals surface area contributed by atoms with Gasteiger partial charge in [-0.25, -0.2) is 4.39 Å². The largest absolute Gasteiger partial charge is 0.489 e. The maximum Gasteiger partial charge on any atom is 0.129 e. The maximum absolute atomic E-state index is 13.6. The Balaban J connectivity index is 1.60. The minimum Gasteiger partial charge on any atom is -0.489 e. The summed E-state index contributed by atoms with van der Waals surface area (Å²) in [7, 11) is 0. The molecule has 3 aromatic carbocycles. The molecule has 0 bridgehead atoms. The van der Waals surface area contributed by atoms with Crippen LogP contribution in [0.1, 0.15) is 11.1 Å². The highest BCUT2D eigenvalue weighted by Gasteiger charge is 2.02. The molecule has 4 heteroatoms. The van der Waals surface area contributed by atoms with Crippen molar-refractivity contribution >= 4 is 11.9 Å². The number of rotatable bonds is 6. The van der Waals surface area contributed by atoms with Crippen molar-refractivity contribution in [2.24, 2.45) is 5.10 Å². The zero-order chi connectivity index (χ0) is 16.6. The van der Waals surface area contributed by atoms with Gasteiger partial charge in [0.05, 0.1) is 11.9 Å². The zero-order valence-corrected chi connectivity index (χ0v) is 13.0. The molecule has 0 radical (unpaired) electrons. The number of hydrazone groups is 1. The summed E-state index contributed by atoms with van der Waals surface area (Å²) in [6, 6.07) is 23.8. The number of hydrogen-bond donors (Lipinski definition) is 1. The molecule has 0 fully saturated rings. The summed E-state index contributed by atoms with van der Waals surface area (Å²) >= 11 is 0. The van der Waals surface area contributed by atoms with E-state index in [0.29, 0.717) is 11.3 Å². The van der Waals surface area contributed by atoms with Crippen LogP contribution in [0.15, 0.2) is 84.0 Å². The molecule has 1 N–H and O–H groups in total. The van der Waals surface area contributed by atoms with E-state index in [-0.39, 0.29) is 12.4 Å². The molecule has 3 nitrogen and oxygen atoms in total. The summed E-state index contributed by atoms with van der Waals surface area (Å²) in [5.74, 6) is 0.407. The number of halogens is 1. The SMILES string of the molecule is Fc1ccccc1COc1cccc(/C=N/Nc2ccccc2)c1. The predicted molar refractivity (Wildman–Crippen MR) is 94.8 cm³/mol. The normalized spacial score (nSPS) is 10.7. The van der Waals surface area contributed by atoms with Gasteiger partial charge in [-0.3, -0.25) is 5.43 Å². The molecule has 3 aromatic rings. The highest BCUT2D eigenvalue weighted by atomic mass is 19.1. The Labute approximate surface area is 140 Å². The molecule has 0 aliphatic heterocycles. The summed E-state index contributed by atoms with van der Waals surface area (Å²) in [6.45, 7) is 0.190. The summed E-state index contributed by atoms with van der Waals surface area (Å²) in [4.78, 5) is 0. The van der Waals surface area contributed by atoms with Gasteiger partial charge in [-0.2, -0.15) is 5.10 Å². The first kappa shape index (κ1) is 15.7. The molecule has 0 aromatic heterocycles. The average molecular weight is 320 g/mol. The van der Waals surface area contributed by atoms with Gasteiger partial charge in [0.2, 0.25) is 0 Å². The third-order valence-electron chi connectivity index (χ3n) is 3.39. The van der Waals surface area contributed by atoms with Crippen molar-refractivity contribution < 1.29 is 9.13 Å². The minimum atomic E-state index is -0.262. The third-order valence-corrected chi connectivity index (χ3v) is 3.39. The van der Waals surface area contributed by atoms with Crippen molar-refractivity contribution in [3.8, 4) is 5.75 Å². The van der Waals surface area contributed by atoms with Crippen LogP contribution < -0.4 is 10.2 Å². The minimum absolute atomic E-state index is 0.190. The van der Waals surface area contributed by atoms with Crippen LogP contribution in [0.2, 0.25) is 0 Å². The second-order valence-corrected chi connectivity index (χ2v) is 5.19. The molecule has 0 spiro atoms. The van der Waals surface area contributed by atoms with Gasteiger partial charge < -0.3 is 4.74 Å². The number of nitrogens with zero attached hydrogens (tertiary/aromatic N) is 1. The van der Waals surface area contributed by atoms with E-state index in [4.69, 9.17) is 4.74 Å². The molecular weight excluding hydrogens is 303 g/mol. The van der Waals surface area contributed by atoms with Crippen LogP contribution in [0, 0.1) is 5.82 Å². The van der Waals surface area contributed by atoms with E-state index in [2.05, 4.69) is 10.5 Å². The van der Waals surface area contributed by atoms with Crippen molar-refractivity contribution in [2.75, 3.05) is 5.43 Å². The molecule has 0 saturated heterocycles. The van der Waals surface area contributed by atoms with E-state index in [9.17, 15) is 4.39 Å². The molecule has 0 aliphatic rings. The number of nitrogens with one attached hydrogen (secondary N) is 1. The lowest BCUT2D eigenvalue weighted by atomic mass is 10.2. The number of para-hydroxylation sites is 1. The van der Waals surface area contributed by atoms with Crippen LogP contribution in [-0.2, 0) is 6.61 Å². The highest BCUT2D eigenvalue weighted by Crippen LogP contribution is 2.15. The van der Waals surface area contributed by atoms with Gasteiger partial charge in [0.1, 0.15) is 18.2 Å². The van der Waals surface area contributed by atoms with Crippen molar-refractivity contribution in [2.45, 2.75) is 6.61 Å². The molecule has 0 saturated carbocycles. The summed E-state index contributed by atoms with van der Waals surface area (Å²) < 4.78 is 19.2. The van der Waals surface area contributed by atoms with E-state index < -0.39 is 0 Å². The van der Waals surface area contributed by atoms with Gasteiger partial charge in [0, 0.05) is 5.56 Å². The maximum atomic E-state index is 13.6. The van der Waals surface area contributed by atoms with Gasteiger partial charge in [-0.15, -0.1) is 0 Å². The van der Waals surface area contributed by atoms with Gasteiger partial charge in [-0.05, 0) is 35.9 Å². The fourth-order valence-electron chi connectivity index (χ4n) is 2.16. The molecule has 0 amide bonds. The molecular formula is C20H17FN2O. The van der Waals surface area contributed by atoms with Crippen LogP contribution in [-0.4, -0.2) is 6.21 Å². The number of hydrogen-bond acceptors (Lipinski definition) is 3. The number of benzene rings is 3. The van der Waals surface area contributed by atoms with Gasteiger partial charge >= 0.3 is 0 Å². The highest BCUT2D eigenvalue weighted by molar-refractivity contribution is 5.80. The van der Waals surface area contributed by atoms with Crippen LogP contribution >= 0.6 is 0 Å². The molecule has 0 heterocycles. The van der Waals surface area contributed by atoms with Gasteiger partial charge in [-0.1, -0.05) is 48.5 Å². The molecule has 0 unspecified atom stereocenters. The fourth-order valence-corrected chi connectivity index (χ4v) is 2.16. The third kappa shape index (κ3) is 4.43. The number of ether oxygens (including phenoxy) is 1. The molecule has 0 atom stereocenters. The van der Waals surface area contributed by atoms with Crippen LogP contribution in [0.4, 0.5) is 10.1 Å². The molecule has 24 heavy (non-hydrogen) atoms. The fraction of sp³-hybridized carbons (Fsp3) is 0.0500. The van der Waals surface area contributed by atoms with Crippen LogP contribution in [0.5, 0.6) is 5.75 Å². The predicted octanol–water partition coefficient (Wildman–Crippen LogP) is 4.85. The Morgan fingerprint density at radius 1 is 0.917 bits per heavy atom. The lowest BCUT2D eigenvalue weighted by Gasteiger charge is -2.07. The van der Waals surface area contributed by atoms with Gasteiger partial charge in [0.15, 0.2) is 0 Å². The van der Waals surface area contributed by atoms with Crippen LogP contribution in [0.3, 0.4) is 0 Å². The Morgan fingerprint density at radius 3 is 2.54 bits per heavy atom. The molecule has 120 valence electrons. The van der Waals surface area contributed by atoms with Crippen molar-refractivity contribution in [1.29, 1.82) is 0 Å². The second-order valence-electron chi connectivity index (χ2n) is 5.19. The first-order valence-electron chi connectivity index (χ1n) is 7.62. The lowest BCUT2D eigenvalue weighted by Crippen LogP contribution is -1.98. The average Bonchev–Trinajstić information content (AvgIpc) is 2.62. The zero-order valence-electron chi connectivity index (χ0n) is 13.0. The van der Waals surface area contributed by atoms with E-state index in [0.717, 1.165) is 11.3 Å². The Morgan fingerprint density at radius 2 is 1.71 bits per heavy atom. The van der Waals surface area contributed by atoms with E-state index in [1.165, 1.54) is 6.07 Å². The topological polar surface area (TPSA) is 33.6 Å². The van der Waals surface area contributed by atoms with E-state index in [1.54, 1.807) is 24.4 Å². The van der Waals surface area contributed by atoms with Gasteiger partial charge in [0.25, 0.3) is 0 Å². The first-order valence-corrected chi connectivity index (χ1v) is 7.62. The van der Waals surface area contributed by atoms with Crippen molar-refractivity contribution in [1.82, 2.24) is 0 Å². The summed E-state index contributed by atoms with van der Waals surface area (Å²) in [5, 5.41) is 4.19. The van der Waals surface area contributed by atoms with E-state index in [1.807, 2.05) is 54.6 Å². The number of anilines is 1. The Bertz CT molecular complexity index is 819. The molecule has 3 rings (SSSR count). The summed E-state index contributed by atoms with van der Waals surface area (Å²) in [6.07, 6.45) is 1.71. The Kier molecular flexibility index (Phi) is 5.20. The summed E-state index contributed by atoms with van der Waals surface area (Å²) in [5.41, 5.74) is 5.30. The Hall–Kier alpha value is -3.14. The standard InChI is InChI=1S/C20H17FN2O/c21-20-12-5-4-8-17(20)15-24-19-11-6-7-16(13-19)14-22-23-18-9-2-1-3-10-18/h1-14,23H,15H2/b22-14+. The van der Waals surface area contributed by atoms with Crippen molar-refractivity contribution in [3.63, 3.8) is 0 Å². The van der Waals surface area contributed by atoms with Crippen LogP contribution in [0.25, 0.3) is 0 Å². The lowest BCUT2D eigenvalue weighted by molar-refractivity contribution is 0.300. The monoisotopic (exact) mass is 320 g/mol. The molecule has 0 aliphatic carbocycles. The second kappa shape index (κ2) is 7.92. The smallest absolute Gasteiger partial charge is 0.129 e.